The van der Waals surface area contributed by atoms with Crippen molar-refractivity contribution in [1.29, 1.82) is 5.26 Å². The molecule has 5 fully saturated rings. The summed E-state index contributed by atoms with van der Waals surface area (Å²) in [4.78, 5) is 14.3. The number of rotatable bonds is 7. The lowest BCUT2D eigenvalue weighted by molar-refractivity contribution is -0.0532. The summed E-state index contributed by atoms with van der Waals surface area (Å²) in [6.07, 6.45) is 12.4. The van der Waals surface area contributed by atoms with Crippen LogP contribution in [0.2, 0.25) is 0 Å². The van der Waals surface area contributed by atoms with Crippen LogP contribution in [-0.4, -0.2) is 83.6 Å². The van der Waals surface area contributed by atoms with Crippen LogP contribution in [-0.2, 0) is 4.74 Å². The van der Waals surface area contributed by atoms with Crippen LogP contribution in [0.3, 0.4) is 0 Å². The highest BCUT2D eigenvalue weighted by Crippen LogP contribution is 2.49. The van der Waals surface area contributed by atoms with Gasteiger partial charge in [0, 0.05) is 72.1 Å². The van der Waals surface area contributed by atoms with Crippen LogP contribution >= 0.6 is 0 Å². The van der Waals surface area contributed by atoms with E-state index < -0.39 is 5.82 Å². The Morgan fingerprint density at radius 3 is 2.65 bits per heavy atom. The molecule has 1 aromatic heterocycles. The predicted octanol–water partition coefficient (Wildman–Crippen LogP) is 5.11. The van der Waals surface area contributed by atoms with Crippen molar-refractivity contribution in [3.63, 3.8) is 0 Å². The minimum atomic E-state index is -0.668. The van der Waals surface area contributed by atoms with E-state index in [1.807, 2.05) is 6.07 Å². The lowest BCUT2D eigenvalue weighted by Crippen LogP contribution is -2.51. The van der Waals surface area contributed by atoms with Crippen molar-refractivity contribution in [2.24, 2.45) is 5.41 Å². The Balaban J connectivity index is 1.14. The van der Waals surface area contributed by atoms with Gasteiger partial charge >= 0.3 is 6.01 Å². The maximum atomic E-state index is 17.2. The van der Waals surface area contributed by atoms with E-state index >= 15 is 4.39 Å². The monoisotopic (exact) mass is 644 g/mol. The van der Waals surface area contributed by atoms with Crippen LogP contribution in [0.15, 0.2) is 36.4 Å². The molecule has 9 nitrogen and oxygen atoms in total. The number of benzene rings is 3. The third kappa shape index (κ3) is 5.11. The molecule has 4 aromatic rings. The topological polar surface area (TPSA) is 107 Å². The number of phenolic OH excluding ortho intramolecular Hbond substituents is 1. The average Bonchev–Trinajstić information content (AvgIpc) is 4.01. The third-order valence-corrected chi connectivity index (χ3v) is 11.1. The molecule has 2 saturated carbocycles. The molecule has 2 N–H and O–H groups in total. The third-order valence-electron chi connectivity index (χ3n) is 11.1. The summed E-state index contributed by atoms with van der Waals surface area (Å²) in [7, 11) is 0. The molecular weight excluding hydrogens is 607 g/mol. The molecule has 4 heterocycles. The first-order valence-corrected chi connectivity index (χ1v) is 17.0. The van der Waals surface area contributed by atoms with Gasteiger partial charge < -0.3 is 24.8 Å². The summed E-state index contributed by atoms with van der Waals surface area (Å²) in [5, 5.41) is 26.5. The fourth-order valence-electron chi connectivity index (χ4n) is 8.26. The molecule has 10 heteroatoms. The first-order chi connectivity index (χ1) is 23.3. The molecule has 48 heavy (non-hydrogen) atoms. The van der Waals surface area contributed by atoms with Gasteiger partial charge in [0.15, 0.2) is 5.82 Å². The predicted molar refractivity (Wildman–Crippen MR) is 180 cm³/mol. The van der Waals surface area contributed by atoms with Gasteiger partial charge in [-0.2, -0.15) is 15.2 Å². The number of anilines is 1. The van der Waals surface area contributed by atoms with Gasteiger partial charge in [-0.25, -0.2) is 4.39 Å². The minimum Gasteiger partial charge on any atom is -0.508 e. The van der Waals surface area contributed by atoms with E-state index in [1.165, 1.54) is 6.07 Å². The number of fused-ring (bicyclic) bond motifs is 4. The van der Waals surface area contributed by atoms with Crippen molar-refractivity contribution in [1.82, 2.24) is 20.2 Å². The number of phenols is 1. The molecule has 2 bridgehead atoms. The number of nitrogens with zero attached hydrogens (tertiary/aromatic N) is 5. The molecule has 0 amide bonds. The maximum Gasteiger partial charge on any atom is 0.319 e. The highest BCUT2D eigenvalue weighted by atomic mass is 19.1. The number of ether oxygens (including phenoxy) is 2. The van der Waals surface area contributed by atoms with E-state index in [0.29, 0.717) is 51.8 Å². The average molecular weight is 645 g/mol. The Bertz CT molecular complexity index is 2050. The summed E-state index contributed by atoms with van der Waals surface area (Å²) < 4.78 is 29.6. The number of aromatic nitrogens is 2. The number of hydrogen-bond acceptors (Lipinski definition) is 9. The quantitative estimate of drug-likeness (QED) is 0.266. The van der Waals surface area contributed by atoms with Crippen LogP contribution in [0.5, 0.6) is 11.8 Å². The Labute approximate surface area is 278 Å². The SMILES string of the molecule is C#Cc1cccc2cc(O)cc(-c3c(C#N)cc4c(N5CC6CCC(C5)N6)nc(OCC5(CN6CCOC7(CC7)C6)CC5)nc4c3F)c12. The van der Waals surface area contributed by atoms with Crippen LogP contribution < -0.4 is 15.0 Å². The van der Waals surface area contributed by atoms with Gasteiger partial charge in [-0.05, 0) is 73.7 Å². The fourth-order valence-corrected chi connectivity index (χ4v) is 8.26. The standard InChI is InChI=1S/C38H37FN6O3/c1-2-23-4-3-5-24-14-28(46)16-29(31(23)24)32-25(17-40)15-30-34(33(32)39)42-36(43-35(30)45-18-26-6-7-27(19-45)41-26)47-22-37(8-9-37)20-44-12-13-48-38(21-44)10-11-38/h1,3-5,14-16,26-27,41,46H,6-13,18-22H2. The van der Waals surface area contributed by atoms with E-state index in [4.69, 9.17) is 25.9 Å². The molecule has 244 valence electrons. The molecule has 0 radical (unpaired) electrons. The molecule has 3 aromatic carbocycles. The van der Waals surface area contributed by atoms with Gasteiger partial charge in [0.05, 0.1) is 30.4 Å². The fraction of sp³-hybridized carbons (Fsp3) is 0.447. The van der Waals surface area contributed by atoms with Crippen molar-refractivity contribution >= 4 is 27.5 Å². The molecule has 5 aliphatic rings. The van der Waals surface area contributed by atoms with E-state index in [1.54, 1.807) is 24.3 Å². The zero-order valence-corrected chi connectivity index (χ0v) is 26.8. The highest BCUT2D eigenvalue weighted by molar-refractivity contribution is 6.05. The van der Waals surface area contributed by atoms with Gasteiger partial charge in [0.1, 0.15) is 17.1 Å². The Kier molecular flexibility index (Phi) is 6.81. The van der Waals surface area contributed by atoms with Gasteiger partial charge in [-0.15, -0.1) is 6.42 Å². The second-order valence-electron chi connectivity index (χ2n) is 14.6. The Morgan fingerprint density at radius 2 is 1.92 bits per heavy atom. The summed E-state index contributed by atoms with van der Waals surface area (Å²) in [5.74, 6) is 2.54. The van der Waals surface area contributed by atoms with Crippen molar-refractivity contribution in [2.75, 3.05) is 50.8 Å². The second-order valence-corrected chi connectivity index (χ2v) is 14.6. The maximum absolute atomic E-state index is 17.2. The normalized spacial score (nSPS) is 23.7. The zero-order chi connectivity index (χ0) is 32.6. The van der Waals surface area contributed by atoms with Crippen molar-refractivity contribution in [2.45, 2.75) is 56.2 Å². The van der Waals surface area contributed by atoms with Gasteiger partial charge in [0.2, 0.25) is 0 Å². The zero-order valence-electron chi connectivity index (χ0n) is 26.8. The summed E-state index contributed by atoms with van der Waals surface area (Å²) in [6, 6.07) is 13.1. The molecule has 3 aliphatic heterocycles. The van der Waals surface area contributed by atoms with Gasteiger partial charge in [-0.3, -0.25) is 4.90 Å². The smallest absolute Gasteiger partial charge is 0.319 e. The molecule has 1 spiro atoms. The Morgan fingerprint density at radius 1 is 1.10 bits per heavy atom. The number of nitriles is 1. The van der Waals surface area contributed by atoms with Gasteiger partial charge in [0.25, 0.3) is 0 Å². The summed E-state index contributed by atoms with van der Waals surface area (Å²) >= 11 is 0. The van der Waals surface area contributed by atoms with E-state index in [2.05, 4.69) is 27.1 Å². The first-order valence-electron chi connectivity index (χ1n) is 17.0. The van der Waals surface area contributed by atoms with E-state index in [9.17, 15) is 10.4 Å². The number of piperazine rings is 1. The van der Waals surface area contributed by atoms with Crippen LogP contribution in [0.25, 0.3) is 32.8 Å². The minimum absolute atomic E-state index is 0.0144. The highest BCUT2D eigenvalue weighted by Gasteiger charge is 2.51. The van der Waals surface area contributed by atoms with Crippen molar-refractivity contribution < 1.29 is 19.0 Å². The van der Waals surface area contributed by atoms with Gasteiger partial charge in [-0.1, -0.05) is 18.1 Å². The number of terminal acetylenes is 1. The molecular formula is C38H37FN6O3. The van der Waals surface area contributed by atoms with Crippen molar-refractivity contribution in [3.8, 4) is 41.3 Å². The second kappa shape index (κ2) is 11.0. The first kappa shape index (κ1) is 29.6. The van der Waals surface area contributed by atoms with E-state index in [0.717, 1.165) is 77.9 Å². The van der Waals surface area contributed by atoms with E-state index in [-0.39, 0.29) is 39.4 Å². The van der Waals surface area contributed by atoms with Crippen molar-refractivity contribution in [3.05, 3.63) is 53.3 Å². The number of aromatic hydroxyl groups is 1. The van der Waals surface area contributed by atoms with Crippen LogP contribution in [0.4, 0.5) is 10.2 Å². The largest absolute Gasteiger partial charge is 0.508 e. The molecule has 3 saturated heterocycles. The summed E-state index contributed by atoms with van der Waals surface area (Å²) in [6.45, 7) is 5.49. The number of morpholine rings is 1. The molecule has 2 atom stereocenters. The lowest BCUT2D eigenvalue weighted by atomic mass is 9.90. The molecule has 2 aliphatic carbocycles. The van der Waals surface area contributed by atoms with Crippen LogP contribution in [0.1, 0.15) is 49.7 Å². The number of halogens is 1. The summed E-state index contributed by atoms with van der Waals surface area (Å²) in [5.41, 5.74) is 1.20. The Hall–Kier alpha value is -4.48. The molecule has 2 unspecified atom stereocenters. The van der Waals surface area contributed by atoms with Crippen LogP contribution in [0, 0.1) is 34.9 Å². The molecule has 9 rings (SSSR count). The number of hydrogen-bond donors (Lipinski definition) is 2. The lowest BCUT2D eigenvalue weighted by Gasteiger charge is -2.35. The number of nitrogens with one attached hydrogen (secondary N) is 1.